The lowest BCUT2D eigenvalue weighted by Gasteiger charge is -2.05. The zero-order chi connectivity index (χ0) is 16.9. The number of benzene rings is 1. The maximum absolute atomic E-state index is 12.1. The van der Waals surface area contributed by atoms with Crippen molar-refractivity contribution in [3.05, 3.63) is 70.6 Å². The third-order valence-corrected chi connectivity index (χ3v) is 3.58. The van der Waals surface area contributed by atoms with Gasteiger partial charge in [0.1, 0.15) is 10.3 Å². The highest BCUT2D eigenvalue weighted by Crippen LogP contribution is 2.16. The fourth-order valence-electron chi connectivity index (χ4n) is 2.04. The van der Waals surface area contributed by atoms with Crippen molar-refractivity contribution in [1.82, 2.24) is 26.0 Å². The number of rotatable bonds is 3. The average Bonchev–Trinajstić information content (AvgIpc) is 3.11. The molecule has 120 valence electrons. The van der Waals surface area contributed by atoms with E-state index in [0.717, 1.165) is 5.56 Å². The van der Waals surface area contributed by atoms with Crippen molar-refractivity contribution in [2.45, 2.75) is 0 Å². The lowest BCUT2D eigenvalue weighted by molar-refractivity contribution is 0.0843. The number of carbonyl (C=O) groups is 2. The molecule has 7 nitrogen and oxygen atoms in total. The summed E-state index contributed by atoms with van der Waals surface area (Å²) < 4.78 is 0.289. The minimum absolute atomic E-state index is 0.229. The third-order valence-electron chi connectivity index (χ3n) is 3.24. The zero-order valence-corrected chi connectivity index (χ0v) is 13.2. The Morgan fingerprint density at radius 2 is 1.75 bits per heavy atom. The van der Waals surface area contributed by atoms with Crippen LogP contribution in [-0.2, 0) is 0 Å². The van der Waals surface area contributed by atoms with E-state index in [9.17, 15) is 9.59 Å². The topological polar surface area (TPSA) is 103 Å². The maximum Gasteiger partial charge on any atom is 0.287 e. The largest absolute Gasteiger partial charge is 0.352 e. The normalized spacial score (nSPS) is 10.2. The Hall–Kier alpha value is -3.26. The van der Waals surface area contributed by atoms with E-state index in [-0.39, 0.29) is 15.9 Å². The summed E-state index contributed by atoms with van der Waals surface area (Å²) in [6.07, 6.45) is 1.62. The Kier molecular flexibility index (Phi) is 4.48. The highest BCUT2D eigenvalue weighted by atomic mass is 32.1. The van der Waals surface area contributed by atoms with Gasteiger partial charge < -0.3 is 4.98 Å². The average molecular weight is 339 g/mol. The van der Waals surface area contributed by atoms with Crippen molar-refractivity contribution in [3.8, 4) is 11.3 Å². The summed E-state index contributed by atoms with van der Waals surface area (Å²) >= 11 is 5.01. The molecule has 8 heteroatoms. The summed E-state index contributed by atoms with van der Waals surface area (Å²) in [5.41, 5.74) is 6.65. The number of nitrogens with one attached hydrogen (secondary N) is 4. The first kappa shape index (κ1) is 15.6. The number of aromatic nitrogens is 3. The first-order chi connectivity index (χ1) is 11.6. The first-order valence-corrected chi connectivity index (χ1v) is 7.45. The fourth-order valence-corrected chi connectivity index (χ4v) is 2.27. The lowest BCUT2D eigenvalue weighted by atomic mass is 10.1. The van der Waals surface area contributed by atoms with Gasteiger partial charge in [0.2, 0.25) is 0 Å². The minimum Gasteiger partial charge on any atom is -0.352 e. The van der Waals surface area contributed by atoms with Crippen LogP contribution in [-0.4, -0.2) is 27.0 Å². The van der Waals surface area contributed by atoms with Gasteiger partial charge in [-0.15, -0.1) is 0 Å². The van der Waals surface area contributed by atoms with Crippen LogP contribution in [0.1, 0.15) is 20.8 Å². The van der Waals surface area contributed by atoms with Crippen LogP contribution in [0.2, 0.25) is 0 Å². The van der Waals surface area contributed by atoms with E-state index >= 15 is 0 Å². The van der Waals surface area contributed by atoms with Gasteiger partial charge in [0.05, 0.1) is 11.3 Å². The molecule has 24 heavy (non-hydrogen) atoms. The molecule has 0 unspecified atom stereocenters. The third kappa shape index (κ3) is 3.39. The predicted octanol–water partition coefficient (Wildman–Crippen LogP) is 2.21. The Morgan fingerprint density at radius 1 is 1.00 bits per heavy atom. The molecular formula is C16H13N5O2S. The van der Waals surface area contributed by atoms with E-state index in [0.29, 0.717) is 5.69 Å². The molecule has 2 heterocycles. The molecule has 4 N–H and O–H groups in total. The molecule has 0 atom stereocenters. The second-order valence-electron chi connectivity index (χ2n) is 4.85. The molecule has 0 fully saturated rings. The maximum atomic E-state index is 12.1. The molecule has 0 aliphatic carbocycles. The number of carbonyl (C=O) groups excluding carboxylic acids is 2. The predicted molar refractivity (Wildman–Crippen MR) is 90.6 cm³/mol. The molecule has 3 rings (SSSR count). The van der Waals surface area contributed by atoms with Crippen LogP contribution in [0.5, 0.6) is 0 Å². The number of H-pyrrole nitrogens is 2. The molecule has 0 spiro atoms. The van der Waals surface area contributed by atoms with E-state index in [1.807, 2.05) is 30.3 Å². The summed E-state index contributed by atoms with van der Waals surface area (Å²) in [4.78, 5) is 26.8. The summed E-state index contributed by atoms with van der Waals surface area (Å²) in [5.74, 6) is -1.02. The van der Waals surface area contributed by atoms with Gasteiger partial charge in [-0.05, 0) is 18.2 Å². The number of nitrogens with zero attached hydrogens (tertiary/aromatic N) is 1. The summed E-state index contributed by atoms with van der Waals surface area (Å²) in [6.45, 7) is 0. The quantitative estimate of drug-likeness (QED) is 0.434. The molecular weight excluding hydrogens is 326 g/mol. The van der Waals surface area contributed by atoms with Crippen LogP contribution in [0.25, 0.3) is 11.3 Å². The van der Waals surface area contributed by atoms with Crippen LogP contribution >= 0.6 is 12.2 Å². The van der Waals surface area contributed by atoms with Crippen LogP contribution in [0.4, 0.5) is 0 Å². The number of hydrogen-bond donors (Lipinski definition) is 4. The van der Waals surface area contributed by atoms with Gasteiger partial charge in [-0.3, -0.25) is 25.5 Å². The zero-order valence-electron chi connectivity index (χ0n) is 12.4. The Morgan fingerprint density at radius 3 is 2.50 bits per heavy atom. The van der Waals surface area contributed by atoms with Crippen molar-refractivity contribution in [3.63, 3.8) is 0 Å². The van der Waals surface area contributed by atoms with Gasteiger partial charge in [0, 0.05) is 11.8 Å². The molecule has 0 bridgehead atoms. The molecule has 3 aromatic rings. The van der Waals surface area contributed by atoms with E-state index in [2.05, 4.69) is 26.0 Å². The molecule has 2 amide bonds. The summed E-state index contributed by atoms with van der Waals surface area (Å²) in [7, 11) is 0. The highest BCUT2D eigenvalue weighted by Gasteiger charge is 2.13. The van der Waals surface area contributed by atoms with E-state index in [1.54, 1.807) is 24.4 Å². The minimum atomic E-state index is -0.510. The molecule has 0 aliphatic heterocycles. The number of amides is 2. The molecule has 0 aliphatic rings. The smallest absolute Gasteiger partial charge is 0.287 e. The van der Waals surface area contributed by atoms with Crippen LogP contribution in [0, 0.1) is 4.64 Å². The standard InChI is InChI=1S/C16H13N5O2S/c22-14(11-7-4-8-17-16(11)24)20-21-15(23)13-9-12(18-19-13)10-5-2-1-3-6-10/h1-9H,(H,17,24)(H,18,19)(H,20,22)(H,21,23). The van der Waals surface area contributed by atoms with Crippen molar-refractivity contribution in [2.24, 2.45) is 0 Å². The second-order valence-corrected chi connectivity index (χ2v) is 5.26. The second kappa shape index (κ2) is 6.88. The van der Waals surface area contributed by atoms with E-state index < -0.39 is 11.8 Å². The van der Waals surface area contributed by atoms with Crippen LogP contribution < -0.4 is 10.9 Å². The molecule has 0 radical (unpaired) electrons. The van der Waals surface area contributed by atoms with Crippen molar-refractivity contribution >= 4 is 24.0 Å². The molecule has 1 aromatic carbocycles. The van der Waals surface area contributed by atoms with Crippen molar-refractivity contribution in [2.75, 3.05) is 0 Å². The summed E-state index contributed by atoms with van der Waals surface area (Å²) in [6, 6.07) is 14.2. The Balaban J connectivity index is 1.66. The van der Waals surface area contributed by atoms with Gasteiger partial charge in [-0.1, -0.05) is 42.5 Å². The van der Waals surface area contributed by atoms with Gasteiger partial charge in [-0.2, -0.15) is 5.10 Å². The SMILES string of the molecule is O=C(NNC(=O)c1ccc[nH]c1=S)c1cc(-c2ccccc2)n[nH]1. The monoisotopic (exact) mass is 339 g/mol. The lowest BCUT2D eigenvalue weighted by Crippen LogP contribution is -2.41. The Labute approximate surface area is 142 Å². The van der Waals surface area contributed by atoms with Crippen molar-refractivity contribution < 1.29 is 9.59 Å². The van der Waals surface area contributed by atoms with Crippen LogP contribution in [0.3, 0.4) is 0 Å². The molecule has 2 aromatic heterocycles. The number of hydrogen-bond acceptors (Lipinski definition) is 4. The van der Waals surface area contributed by atoms with Gasteiger partial charge in [-0.25, -0.2) is 0 Å². The Bertz CT molecular complexity index is 933. The first-order valence-electron chi connectivity index (χ1n) is 7.04. The van der Waals surface area contributed by atoms with E-state index in [4.69, 9.17) is 12.2 Å². The number of aromatic amines is 2. The highest BCUT2D eigenvalue weighted by molar-refractivity contribution is 7.71. The van der Waals surface area contributed by atoms with Crippen LogP contribution in [0.15, 0.2) is 54.7 Å². The van der Waals surface area contributed by atoms with Gasteiger partial charge >= 0.3 is 0 Å². The molecule has 0 saturated carbocycles. The fraction of sp³-hybridized carbons (Fsp3) is 0. The van der Waals surface area contributed by atoms with Crippen molar-refractivity contribution in [1.29, 1.82) is 0 Å². The molecule has 0 saturated heterocycles. The van der Waals surface area contributed by atoms with E-state index in [1.165, 1.54) is 0 Å². The number of hydrazine groups is 1. The van der Waals surface area contributed by atoms with Gasteiger partial charge in [0.15, 0.2) is 0 Å². The number of pyridine rings is 1. The summed E-state index contributed by atoms with van der Waals surface area (Å²) in [5, 5.41) is 6.73. The van der Waals surface area contributed by atoms with Gasteiger partial charge in [0.25, 0.3) is 11.8 Å².